The van der Waals surface area contributed by atoms with Gasteiger partial charge < -0.3 is 17.0 Å². The van der Waals surface area contributed by atoms with Gasteiger partial charge in [0, 0.05) is 6.07 Å². The first kappa shape index (κ1) is 12.5. The Morgan fingerprint density at radius 2 is 2.20 bits per heavy atom. The van der Waals surface area contributed by atoms with E-state index in [4.69, 9.17) is 5.26 Å². The van der Waals surface area contributed by atoms with Crippen molar-refractivity contribution in [2.45, 2.75) is 0 Å². The van der Waals surface area contributed by atoms with Gasteiger partial charge in [-0.2, -0.15) is 30.3 Å². The molecule has 0 saturated carbocycles. The number of nitrogens with zero attached hydrogens (tertiary/aromatic N) is 1. The molecule has 0 aliphatic heterocycles. The fraction of sp³-hybridized carbons (Fsp3) is 0. The predicted octanol–water partition coefficient (Wildman–Crippen LogP) is -1.64. The first-order chi connectivity index (χ1) is 3.93. The molecule has 1 rings (SSSR count). The van der Waals surface area contributed by atoms with E-state index in [0.29, 0.717) is 5.56 Å². The number of hydrogen-bond donors (Lipinski definition) is 0. The average molecular weight is 247 g/mol. The van der Waals surface area contributed by atoms with E-state index in [1.54, 1.807) is 24.3 Å². The average Bonchev–Trinajstić information content (AvgIpc) is 1.90. The molecular formula is C7H4BrNZn. The minimum absolute atomic E-state index is 0. The third-order valence-corrected chi connectivity index (χ3v) is 0.836. The zero-order valence-electron chi connectivity index (χ0n) is 5.34. The Morgan fingerprint density at radius 1 is 1.50 bits per heavy atom. The van der Waals surface area contributed by atoms with Gasteiger partial charge in [0.1, 0.15) is 0 Å². The molecule has 0 fully saturated rings. The SMILES string of the molecule is N#Cc1c[c-]ccc1.[Br-].[Zn+2]. The zero-order chi connectivity index (χ0) is 5.82. The second-order valence-corrected chi connectivity index (χ2v) is 1.40. The number of hydrogen-bond acceptors (Lipinski definition) is 1. The Balaban J connectivity index is 0. The summed E-state index contributed by atoms with van der Waals surface area (Å²) in [6.45, 7) is 0. The number of rotatable bonds is 0. The number of nitriles is 1. The minimum Gasteiger partial charge on any atom is -1.00 e. The summed E-state index contributed by atoms with van der Waals surface area (Å²) in [5, 5.41) is 8.27. The molecule has 0 aromatic heterocycles. The third kappa shape index (κ3) is 3.77. The fourth-order valence-corrected chi connectivity index (χ4v) is 0.463. The summed E-state index contributed by atoms with van der Waals surface area (Å²) in [4.78, 5) is 0. The van der Waals surface area contributed by atoms with Gasteiger partial charge in [-0.15, -0.1) is 0 Å². The van der Waals surface area contributed by atoms with Crippen molar-refractivity contribution in [1.82, 2.24) is 0 Å². The Bertz CT molecular complexity index is 205. The van der Waals surface area contributed by atoms with E-state index in [1.807, 2.05) is 6.07 Å². The van der Waals surface area contributed by atoms with Crippen LogP contribution in [0, 0.1) is 17.4 Å². The smallest absolute Gasteiger partial charge is 1.00 e. The van der Waals surface area contributed by atoms with E-state index in [-0.39, 0.29) is 36.5 Å². The Hall–Kier alpha value is -0.187. The molecule has 0 N–H and O–H groups in total. The number of halogens is 1. The van der Waals surface area contributed by atoms with Crippen LogP contribution in [0.2, 0.25) is 0 Å². The molecular weight excluding hydrogens is 243 g/mol. The van der Waals surface area contributed by atoms with Gasteiger partial charge in [0.15, 0.2) is 0 Å². The molecule has 1 aromatic carbocycles. The van der Waals surface area contributed by atoms with Crippen molar-refractivity contribution in [1.29, 1.82) is 5.26 Å². The molecule has 0 aliphatic carbocycles. The monoisotopic (exact) mass is 245 g/mol. The molecule has 0 amide bonds. The van der Waals surface area contributed by atoms with Gasteiger partial charge in [-0.05, 0) is 0 Å². The molecule has 0 saturated heterocycles. The van der Waals surface area contributed by atoms with Crippen LogP contribution in [0.15, 0.2) is 24.3 Å². The van der Waals surface area contributed by atoms with E-state index in [1.165, 1.54) is 0 Å². The van der Waals surface area contributed by atoms with Crippen LogP contribution >= 0.6 is 0 Å². The van der Waals surface area contributed by atoms with Crippen LogP contribution in [0.25, 0.3) is 0 Å². The molecule has 1 nitrogen and oxygen atoms in total. The van der Waals surface area contributed by atoms with Gasteiger partial charge in [0.05, 0.1) is 0 Å². The van der Waals surface area contributed by atoms with E-state index in [9.17, 15) is 0 Å². The summed E-state index contributed by atoms with van der Waals surface area (Å²) in [6.07, 6.45) is 0. The molecule has 0 atom stereocenters. The van der Waals surface area contributed by atoms with Gasteiger partial charge in [0.25, 0.3) is 0 Å². The molecule has 0 heterocycles. The van der Waals surface area contributed by atoms with Crippen LogP contribution in [0.1, 0.15) is 5.56 Å². The molecule has 1 aromatic rings. The van der Waals surface area contributed by atoms with E-state index in [2.05, 4.69) is 6.07 Å². The van der Waals surface area contributed by atoms with Crippen LogP contribution in [0.4, 0.5) is 0 Å². The Morgan fingerprint density at radius 3 is 2.50 bits per heavy atom. The van der Waals surface area contributed by atoms with Crippen LogP contribution in [0.3, 0.4) is 0 Å². The predicted molar refractivity (Wildman–Crippen MR) is 30.0 cm³/mol. The summed E-state index contributed by atoms with van der Waals surface area (Å²) in [7, 11) is 0. The van der Waals surface area contributed by atoms with Crippen molar-refractivity contribution in [2.24, 2.45) is 0 Å². The Kier molecular flexibility index (Phi) is 8.65. The molecule has 0 radical (unpaired) electrons. The standard InChI is InChI=1S/C7H4N.BrH.Zn/c8-6-7-4-2-1-3-5-7;;/h1-2,4-5H;1H;/q-1;;+2/p-1. The molecule has 0 aliphatic rings. The van der Waals surface area contributed by atoms with Crippen molar-refractivity contribution >= 4 is 0 Å². The third-order valence-electron chi connectivity index (χ3n) is 0.836. The molecule has 46 valence electrons. The van der Waals surface area contributed by atoms with Crippen LogP contribution < -0.4 is 17.0 Å². The van der Waals surface area contributed by atoms with Crippen molar-refractivity contribution in [2.75, 3.05) is 0 Å². The van der Waals surface area contributed by atoms with E-state index >= 15 is 0 Å². The second kappa shape index (κ2) is 6.93. The summed E-state index contributed by atoms with van der Waals surface area (Å²) in [6, 6.07) is 11.7. The summed E-state index contributed by atoms with van der Waals surface area (Å²) in [5.41, 5.74) is 0.660. The van der Waals surface area contributed by atoms with Gasteiger partial charge >= 0.3 is 19.5 Å². The molecule has 10 heavy (non-hydrogen) atoms. The zero-order valence-corrected chi connectivity index (χ0v) is 9.89. The minimum atomic E-state index is 0. The number of benzene rings is 1. The van der Waals surface area contributed by atoms with Gasteiger partial charge in [0.2, 0.25) is 0 Å². The van der Waals surface area contributed by atoms with Gasteiger partial charge in [-0.3, -0.25) is 0 Å². The largest absolute Gasteiger partial charge is 2.00 e. The summed E-state index contributed by atoms with van der Waals surface area (Å²) >= 11 is 0. The van der Waals surface area contributed by atoms with Crippen molar-refractivity contribution in [3.63, 3.8) is 0 Å². The normalized spacial score (nSPS) is 6.30. The van der Waals surface area contributed by atoms with Crippen molar-refractivity contribution in [3.05, 3.63) is 35.9 Å². The van der Waals surface area contributed by atoms with Gasteiger partial charge in [-0.25, -0.2) is 5.26 Å². The van der Waals surface area contributed by atoms with E-state index in [0.717, 1.165) is 0 Å². The van der Waals surface area contributed by atoms with Crippen molar-refractivity contribution < 1.29 is 36.5 Å². The first-order valence-electron chi connectivity index (χ1n) is 2.29. The quantitative estimate of drug-likeness (QED) is 0.398. The van der Waals surface area contributed by atoms with Crippen molar-refractivity contribution in [3.8, 4) is 6.07 Å². The maximum Gasteiger partial charge on any atom is 2.00 e. The van der Waals surface area contributed by atoms with E-state index < -0.39 is 0 Å². The molecule has 0 unspecified atom stereocenters. The van der Waals surface area contributed by atoms with Crippen LogP contribution in [-0.2, 0) is 19.5 Å². The maximum atomic E-state index is 8.27. The first-order valence-corrected chi connectivity index (χ1v) is 2.29. The van der Waals surface area contributed by atoms with Crippen LogP contribution in [0.5, 0.6) is 0 Å². The molecule has 0 bridgehead atoms. The second-order valence-electron chi connectivity index (χ2n) is 1.40. The maximum absolute atomic E-state index is 8.27. The fourth-order valence-electron chi connectivity index (χ4n) is 0.463. The van der Waals surface area contributed by atoms with Gasteiger partial charge in [-0.1, -0.05) is 5.56 Å². The Labute approximate surface area is 83.6 Å². The topological polar surface area (TPSA) is 23.8 Å². The summed E-state index contributed by atoms with van der Waals surface area (Å²) in [5.74, 6) is 0. The molecule has 3 heteroatoms. The molecule has 0 spiro atoms. The summed E-state index contributed by atoms with van der Waals surface area (Å²) < 4.78 is 0. The van der Waals surface area contributed by atoms with Crippen LogP contribution in [-0.4, -0.2) is 0 Å².